The van der Waals surface area contributed by atoms with Gasteiger partial charge in [-0.25, -0.2) is 0 Å². The summed E-state index contributed by atoms with van der Waals surface area (Å²) in [4.78, 5) is 14.1. The fourth-order valence-corrected chi connectivity index (χ4v) is 2.03. The molecular formula is C16H35N3O. The van der Waals surface area contributed by atoms with Crippen LogP contribution in [0.3, 0.4) is 0 Å². The zero-order valence-electron chi connectivity index (χ0n) is 14.2. The van der Waals surface area contributed by atoms with Crippen LogP contribution >= 0.6 is 0 Å². The van der Waals surface area contributed by atoms with Crippen LogP contribution in [0.5, 0.6) is 0 Å². The topological polar surface area (TPSA) is 58.4 Å². The molecule has 0 atom stereocenters. The van der Waals surface area contributed by atoms with E-state index < -0.39 is 0 Å². The maximum absolute atomic E-state index is 11.7. The lowest BCUT2D eigenvalue weighted by Crippen LogP contribution is -2.29. The normalized spacial score (nSPS) is 12.2. The lowest BCUT2D eigenvalue weighted by molar-refractivity contribution is -0.121. The van der Waals surface area contributed by atoms with Gasteiger partial charge in [0.1, 0.15) is 0 Å². The summed E-state index contributed by atoms with van der Waals surface area (Å²) in [6.45, 7) is 11.3. The first-order chi connectivity index (χ1) is 9.28. The summed E-state index contributed by atoms with van der Waals surface area (Å²) in [5.41, 5.74) is 5.75. The number of nitrogens with two attached hydrogens (primary N) is 1. The number of carbonyl (C=O) groups is 1. The average molecular weight is 285 g/mol. The summed E-state index contributed by atoms with van der Waals surface area (Å²) in [7, 11) is 2.14. The molecule has 0 spiro atoms. The van der Waals surface area contributed by atoms with E-state index in [9.17, 15) is 4.79 Å². The van der Waals surface area contributed by atoms with Crippen molar-refractivity contribution in [1.82, 2.24) is 10.2 Å². The maximum Gasteiger partial charge on any atom is 0.220 e. The molecule has 3 N–H and O–H groups in total. The first-order valence-electron chi connectivity index (χ1n) is 7.95. The van der Waals surface area contributed by atoms with Crippen molar-refractivity contribution >= 4 is 5.91 Å². The number of nitrogens with one attached hydrogen (secondary N) is 1. The van der Waals surface area contributed by atoms with E-state index in [0.29, 0.717) is 19.0 Å². The largest absolute Gasteiger partial charge is 0.356 e. The minimum absolute atomic E-state index is 0.173. The van der Waals surface area contributed by atoms with Crippen molar-refractivity contribution in [1.29, 1.82) is 0 Å². The van der Waals surface area contributed by atoms with Crippen LogP contribution in [0.15, 0.2) is 0 Å². The molecule has 0 saturated carbocycles. The molecule has 4 heteroatoms. The van der Waals surface area contributed by atoms with Crippen LogP contribution in [0.4, 0.5) is 0 Å². The summed E-state index contributed by atoms with van der Waals surface area (Å²) in [6.07, 6.45) is 4.68. The van der Waals surface area contributed by atoms with Gasteiger partial charge in [-0.15, -0.1) is 0 Å². The van der Waals surface area contributed by atoms with Crippen molar-refractivity contribution in [3.63, 3.8) is 0 Å². The summed E-state index contributed by atoms with van der Waals surface area (Å²) < 4.78 is 0. The van der Waals surface area contributed by atoms with Gasteiger partial charge in [0.2, 0.25) is 5.91 Å². The van der Waals surface area contributed by atoms with E-state index in [4.69, 9.17) is 5.73 Å². The molecule has 0 unspecified atom stereocenters. The Morgan fingerprint density at radius 3 is 2.45 bits per heavy atom. The molecule has 20 heavy (non-hydrogen) atoms. The number of hydrogen-bond acceptors (Lipinski definition) is 3. The quantitative estimate of drug-likeness (QED) is 0.573. The second-order valence-electron chi connectivity index (χ2n) is 6.83. The first-order valence-corrected chi connectivity index (χ1v) is 7.95. The molecule has 120 valence electrons. The van der Waals surface area contributed by atoms with Crippen molar-refractivity contribution in [3.05, 3.63) is 0 Å². The SMILES string of the molecule is CC(C)N(C)CCCCNC(=O)CCC(C)(C)CCN. The fraction of sp³-hybridized carbons (Fsp3) is 0.938. The predicted molar refractivity (Wildman–Crippen MR) is 86.7 cm³/mol. The molecule has 0 radical (unpaired) electrons. The molecule has 0 bridgehead atoms. The number of carbonyl (C=O) groups excluding carboxylic acids is 1. The second-order valence-corrected chi connectivity index (χ2v) is 6.83. The minimum atomic E-state index is 0.173. The third-order valence-electron chi connectivity index (χ3n) is 3.99. The van der Waals surface area contributed by atoms with Gasteiger partial charge in [0.05, 0.1) is 0 Å². The zero-order chi connectivity index (χ0) is 15.6. The Labute approximate surface area is 125 Å². The number of unbranched alkanes of at least 4 members (excludes halogenated alkanes) is 1. The van der Waals surface area contributed by atoms with Crippen molar-refractivity contribution in [2.75, 3.05) is 26.7 Å². The molecule has 0 aliphatic heterocycles. The van der Waals surface area contributed by atoms with E-state index in [2.05, 4.69) is 45.0 Å². The van der Waals surface area contributed by atoms with E-state index in [1.807, 2.05) is 0 Å². The van der Waals surface area contributed by atoms with Gasteiger partial charge in [0.15, 0.2) is 0 Å². The molecule has 1 amide bonds. The van der Waals surface area contributed by atoms with Crippen LogP contribution in [0.25, 0.3) is 0 Å². The van der Waals surface area contributed by atoms with Gasteiger partial charge in [-0.1, -0.05) is 13.8 Å². The van der Waals surface area contributed by atoms with Gasteiger partial charge < -0.3 is 16.0 Å². The van der Waals surface area contributed by atoms with Crippen LogP contribution < -0.4 is 11.1 Å². The molecule has 0 aromatic heterocycles. The minimum Gasteiger partial charge on any atom is -0.356 e. The Hall–Kier alpha value is -0.610. The van der Waals surface area contributed by atoms with Gasteiger partial charge in [0.25, 0.3) is 0 Å². The highest BCUT2D eigenvalue weighted by molar-refractivity contribution is 5.75. The zero-order valence-corrected chi connectivity index (χ0v) is 14.2. The average Bonchev–Trinajstić information content (AvgIpc) is 2.35. The van der Waals surface area contributed by atoms with E-state index in [-0.39, 0.29) is 11.3 Å². The third kappa shape index (κ3) is 10.2. The Kier molecular flexibility index (Phi) is 9.86. The van der Waals surface area contributed by atoms with Gasteiger partial charge in [-0.3, -0.25) is 4.79 Å². The number of nitrogens with zero attached hydrogens (tertiary/aromatic N) is 1. The lowest BCUT2D eigenvalue weighted by atomic mass is 9.84. The second kappa shape index (κ2) is 10.2. The molecule has 0 aliphatic rings. The maximum atomic E-state index is 11.7. The summed E-state index contributed by atoms with van der Waals surface area (Å²) >= 11 is 0. The lowest BCUT2D eigenvalue weighted by Gasteiger charge is -2.23. The molecular weight excluding hydrogens is 250 g/mol. The number of amides is 1. The molecule has 0 heterocycles. The first kappa shape index (κ1) is 19.4. The highest BCUT2D eigenvalue weighted by atomic mass is 16.1. The van der Waals surface area contributed by atoms with E-state index >= 15 is 0 Å². The Bertz CT molecular complexity index is 264. The van der Waals surface area contributed by atoms with Gasteiger partial charge in [-0.2, -0.15) is 0 Å². The number of rotatable bonds is 11. The molecule has 0 rings (SSSR count). The molecule has 0 saturated heterocycles. The van der Waals surface area contributed by atoms with Crippen molar-refractivity contribution < 1.29 is 4.79 Å². The molecule has 0 aromatic rings. The van der Waals surface area contributed by atoms with Gasteiger partial charge in [-0.05, 0) is 65.1 Å². The van der Waals surface area contributed by atoms with Crippen LogP contribution in [0.2, 0.25) is 0 Å². The van der Waals surface area contributed by atoms with E-state index in [1.54, 1.807) is 0 Å². The Morgan fingerprint density at radius 1 is 1.25 bits per heavy atom. The van der Waals surface area contributed by atoms with E-state index in [0.717, 1.165) is 38.8 Å². The highest BCUT2D eigenvalue weighted by Gasteiger charge is 2.17. The molecule has 0 fully saturated rings. The smallest absolute Gasteiger partial charge is 0.220 e. The van der Waals surface area contributed by atoms with Crippen LogP contribution in [-0.4, -0.2) is 43.5 Å². The van der Waals surface area contributed by atoms with Crippen LogP contribution in [0.1, 0.15) is 59.8 Å². The van der Waals surface area contributed by atoms with Crippen LogP contribution in [0, 0.1) is 5.41 Å². The molecule has 0 aromatic carbocycles. The summed E-state index contributed by atoms with van der Waals surface area (Å²) in [5, 5.41) is 3.01. The van der Waals surface area contributed by atoms with Crippen molar-refractivity contribution in [2.45, 2.75) is 65.8 Å². The van der Waals surface area contributed by atoms with Crippen molar-refractivity contribution in [2.24, 2.45) is 11.1 Å². The summed E-state index contributed by atoms with van der Waals surface area (Å²) in [6, 6.07) is 0.592. The third-order valence-corrected chi connectivity index (χ3v) is 3.99. The monoisotopic (exact) mass is 285 g/mol. The fourth-order valence-electron chi connectivity index (χ4n) is 2.03. The Morgan fingerprint density at radius 2 is 1.90 bits per heavy atom. The van der Waals surface area contributed by atoms with Gasteiger partial charge in [0, 0.05) is 19.0 Å². The predicted octanol–water partition coefficient (Wildman–Crippen LogP) is 2.38. The van der Waals surface area contributed by atoms with E-state index in [1.165, 1.54) is 0 Å². The Balaban J connectivity index is 3.60. The van der Waals surface area contributed by atoms with Crippen molar-refractivity contribution in [3.8, 4) is 0 Å². The van der Waals surface area contributed by atoms with Crippen LogP contribution in [-0.2, 0) is 4.79 Å². The molecule has 4 nitrogen and oxygen atoms in total. The summed E-state index contributed by atoms with van der Waals surface area (Å²) in [5.74, 6) is 0.173. The molecule has 0 aliphatic carbocycles. The highest BCUT2D eigenvalue weighted by Crippen LogP contribution is 2.25. The number of hydrogen-bond donors (Lipinski definition) is 2. The standard InChI is InChI=1S/C16H35N3O/c1-14(2)19(5)13-7-6-12-18-15(20)8-9-16(3,4)10-11-17/h14H,6-13,17H2,1-5H3,(H,18,20). The van der Waals surface area contributed by atoms with Gasteiger partial charge >= 0.3 is 0 Å².